The van der Waals surface area contributed by atoms with Gasteiger partial charge >= 0.3 is 0 Å². The van der Waals surface area contributed by atoms with Crippen molar-refractivity contribution in [2.45, 2.75) is 19.4 Å². The summed E-state index contributed by atoms with van der Waals surface area (Å²) >= 11 is 0. The summed E-state index contributed by atoms with van der Waals surface area (Å²) in [6.07, 6.45) is 5.41. The van der Waals surface area contributed by atoms with Gasteiger partial charge in [-0.05, 0) is 18.8 Å². The molecule has 1 aromatic heterocycles. The molecule has 0 spiro atoms. The first-order valence-electron chi connectivity index (χ1n) is 5.61. The molecule has 2 N–H and O–H groups in total. The van der Waals surface area contributed by atoms with Crippen molar-refractivity contribution in [3.05, 3.63) is 18.1 Å². The second-order valence-electron chi connectivity index (χ2n) is 4.16. The minimum atomic E-state index is -0.0852. The number of aliphatic hydroxyl groups excluding tert-OH is 2. The second-order valence-corrected chi connectivity index (χ2v) is 4.16. The molecule has 5 heteroatoms. The molecule has 0 saturated carbocycles. The number of hydrogen-bond acceptors (Lipinski definition) is 5. The van der Waals surface area contributed by atoms with E-state index in [2.05, 4.69) is 14.9 Å². The van der Waals surface area contributed by atoms with Crippen molar-refractivity contribution in [3.8, 4) is 0 Å². The molecule has 2 rings (SSSR count). The molecule has 0 radical (unpaired) electrons. The molecule has 88 valence electrons. The van der Waals surface area contributed by atoms with E-state index >= 15 is 0 Å². The zero-order chi connectivity index (χ0) is 11.4. The molecule has 2 heterocycles. The molecular weight excluding hydrogens is 206 g/mol. The molecule has 0 aromatic carbocycles. The molecule has 5 nitrogen and oxygen atoms in total. The standard InChI is InChI=1S/C11H17N3O2/c15-7-9-2-1-3-14(6-9)11-5-12-4-10(8-16)13-11/h4-5,9,15-16H,1-3,6-8H2. The summed E-state index contributed by atoms with van der Waals surface area (Å²) in [4.78, 5) is 10.5. The van der Waals surface area contributed by atoms with E-state index in [9.17, 15) is 0 Å². The summed E-state index contributed by atoms with van der Waals surface area (Å²) in [6.45, 7) is 1.90. The molecule has 0 bridgehead atoms. The van der Waals surface area contributed by atoms with Crippen LogP contribution in [0, 0.1) is 5.92 Å². The minimum Gasteiger partial charge on any atom is -0.396 e. The average molecular weight is 223 g/mol. The van der Waals surface area contributed by atoms with Gasteiger partial charge in [0.15, 0.2) is 0 Å². The van der Waals surface area contributed by atoms with Crippen molar-refractivity contribution in [2.24, 2.45) is 5.92 Å². The van der Waals surface area contributed by atoms with E-state index in [-0.39, 0.29) is 13.2 Å². The smallest absolute Gasteiger partial charge is 0.147 e. The fourth-order valence-corrected chi connectivity index (χ4v) is 2.05. The lowest BCUT2D eigenvalue weighted by molar-refractivity contribution is 0.208. The van der Waals surface area contributed by atoms with Crippen molar-refractivity contribution in [3.63, 3.8) is 0 Å². The predicted octanol–water partition coefficient (Wildman–Crippen LogP) is 0.178. The van der Waals surface area contributed by atoms with Crippen LogP contribution in [0.15, 0.2) is 12.4 Å². The molecule has 1 aromatic rings. The topological polar surface area (TPSA) is 69.5 Å². The molecule has 1 unspecified atom stereocenters. The van der Waals surface area contributed by atoms with Gasteiger partial charge in [-0.1, -0.05) is 0 Å². The summed E-state index contributed by atoms with van der Waals surface area (Å²) in [6, 6.07) is 0. The Bertz CT molecular complexity index is 346. The van der Waals surface area contributed by atoms with Crippen LogP contribution in [0.3, 0.4) is 0 Å². The number of piperidine rings is 1. The van der Waals surface area contributed by atoms with Crippen LogP contribution in [0.5, 0.6) is 0 Å². The van der Waals surface area contributed by atoms with Gasteiger partial charge in [-0.15, -0.1) is 0 Å². The highest BCUT2D eigenvalue weighted by Gasteiger charge is 2.20. The summed E-state index contributed by atoms with van der Waals surface area (Å²) in [5.74, 6) is 1.12. The fourth-order valence-electron chi connectivity index (χ4n) is 2.05. The van der Waals surface area contributed by atoms with Crippen LogP contribution >= 0.6 is 0 Å². The van der Waals surface area contributed by atoms with Crippen LogP contribution in [0.25, 0.3) is 0 Å². The lowest BCUT2D eigenvalue weighted by Gasteiger charge is -2.32. The molecule has 1 atom stereocenters. The zero-order valence-corrected chi connectivity index (χ0v) is 9.21. The van der Waals surface area contributed by atoms with Crippen molar-refractivity contribution in [2.75, 3.05) is 24.6 Å². The molecule has 1 fully saturated rings. The van der Waals surface area contributed by atoms with Gasteiger partial charge in [0.05, 0.1) is 24.7 Å². The van der Waals surface area contributed by atoms with Gasteiger partial charge < -0.3 is 15.1 Å². The first-order chi connectivity index (χ1) is 7.83. The number of rotatable bonds is 3. The van der Waals surface area contributed by atoms with Gasteiger partial charge in [0.1, 0.15) is 5.82 Å². The predicted molar refractivity (Wildman–Crippen MR) is 60.0 cm³/mol. The van der Waals surface area contributed by atoms with E-state index in [1.165, 1.54) is 0 Å². The zero-order valence-electron chi connectivity index (χ0n) is 9.21. The summed E-state index contributed by atoms with van der Waals surface area (Å²) < 4.78 is 0. The highest BCUT2D eigenvalue weighted by Crippen LogP contribution is 2.20. The summed E-state index contributed by atoms with van der Waals surface area (Å²) in [5, 5.41) is 18.2. The third-order valence-electron chi connectivity index (χ3n) is 2.93. The van der Waals surface area contributed by atoms with E-state index < -0.39 is 0 Å². The highest BCUT2D eigenvalue weighted by atomic mass is 16.3. The number of hydrogen-bond donors (Lipinski definition) is 2. The summed E-state index contributed by atoms with van der Waals surface area (Å²) in [5.41, 5.74) is 0.587. The molecule has 1 saturated heterocycles. The Kier molecular flexibility index (Phi) is 3.69. The fraction of sp³-hybridized carbons (Fsp3) is 0.636. The molecule has 0 amide bonds. The Balaban J connectivity index is 2.10. The van der Waals surface area contributed by atoms with Gasteiger partial charge in [0, 0.05) is 19.7 Å². The number of anilines is 1. The Morgan fingerprint density at radius 2 is 2.25 bits per heavy atom. The quantitative estimate of drug-likeness (QED) is 0.765. The lowest BCUT2D eigenvalue weighted by Crippen LogP contribution is -2.37. The number of nitrogens with zero attached hydrogens (tertiary/aromatic N) is 3. The third-order valence-corrected chi connectivity index (χ3v) is 2.93. The molecule has 1 aliphatic rings. The van der Waals surface area contributed by atoms with Gasteiger partial charge in [-0.2, -0.15) is 0 Å². The Hall–Kier alpha value is -1.20. The van der Waals surface area contributed by atoms with E-state index in [1.807, 2.05) is 0 Å². The lowest BCUT2D eigenvalue weighted by atomic mass is 9.99. The van der Waals surface area contributed by atoms with Crippen molar-refractivity contribution in [1.29, 1.82) is 0 Å². The first-order valence-corrected chi connectivity index (χ1v) is 5.61. The highest BCUT2D eigenvalue weighted by molar-refractivity contribution is 5.36. The van der Waals surface area contributed by atoms with Gasteiger partial charge in [-0.25, -0.2) is 4.98 Å². The Labute approximate surface area is 94.8 Å². The number of aliphatic hydroxyl groups is 2. The van der Waals surface area contributed by atoms with E-state index in [1.54, 1.807) is 12.4 Å². The van der Waals surface area contributed by atoms with Gasteiger partial charge in [0.25, 0.3) is 0 Å². The summed E-state index contributed by atoms with van der Waals surface area (Å²) in [7, 11) is 0. The van der Waals surface area contributed by atoms with Crippen molar-refractivity contribution < 1.29 is 10.2 Å². The normalized spacial score (nSPS) is 21.1. The Morgan fingerprint density at radius 3 is 3.00 bits per heavy atom. The van der Waals surface area contributed by atoms with Crippen LogP contribution in [0.4, 0.5) is 5.82 Å². The van der Waals surface area contributed by atoms with Gasteiger partial charge in [0.2, 0.25) is 0 Å². The number of aromatic nitrogens is 2. The molecule has 0 aliphatic carbocycles. The van der Waals surface area contributed by atoms with E-state index in [0.717, 1.165) is 31.7 Å². The van der Waals surface area contributed by atoms with Crippen LogP contribution in [0.1, 0.15) is 18.5 Å². The third kappa shape index (κ3) is 2.48. The maximum Gasteiger partial charge on any atom is 0.147 e. The van der Waals surface area contributed by atoms with Crippen molar-refractivity contribution in [1.82, 2.24) is 9.97 Å². The largest absolute Gasteiger partial charge is 0.396 e. The molecular formula is C11H17N3O2. The maximum absolute atomic E-state index is 9.15. The van der Waals surface area contributed by atoms with E-state index in [0.29, 0.717) is 11.6 Å². The maximum atomic E-state index is 9.15. The SMILES string of the molecule is OCc1cncc(N2CCCC(CO)C2)n1. The van der Waals surface area contributed by atoms with Crippen molar-refractivity contribution >= 4 is 5.82 Å². The van der Waals surface area contributed by atoms with Crippen LogP contribution in [-0.2, 0) is 6.61 Å². The van der Waals surface area contributed by atoms with E-state index in [4.69, 9.17) is 10.2 Å². The van der Waals surface area contributed by atoms with Crippen LogP contribution in [0.2, 0.25) is 0 Å². The molecule has 16 heavy (non-hydrogen) atoms. The molecule has 1 aliphatic heterocycles. The van der Waals surface area contributed by atoms with Crippen LogP contribution < -0.4 is 4.90 Å². The van der Waals surface area contributed by atoms with Gasteiger partial charge in [-0.3, -0.25) is 4.98 Å². The first kappa shape index (κ1) is 11.3. The average Bonchev–Trinajstić information content (AvgIpc) is 2.39. The monoisotopic (exact) mass is 223 g/mol. The second kappa shape index (κ2) is 5.23. The minimum absolute atomic E-state index is 0.0852. The Morgan fingerprint density at radius 1 is 1.38 bits per heavy atom. The van der Waals surface area contributed by atoms with Crippen LogP contribution in [-0.4, -0.2) is 39.9 Å².